The van der Waals surface area contributed by atoms with E-state index in [9.17, 15) is 14.0 Å². The number of benzene rings is 2. The van der Waals surface area contributed by atoms with Gasteiger partial charge in [0.1, 0.15) is 17.2 Å². The fraction of sp³-hybridized carbons (Fsp3) is 0.273. The highest BCUT2D eigenvalue weighted by Gasteiger charge is 2.28. The van der Waals surface area contributed by atoms with Gasteiger partial charge in [0.2, 0.25) is 0 Å². The molecule has 0 amide bonds. The molecule has 0 spiro atoms. The maximum Gasteiger partial charge on any atom is 0.253 e. The zero-order valence-corrected chi connectivity index (χ0v) is 15.5. The molecule has 5 nitrogen and oxygen atoms in total. The van der Waals surface area contributed by atoms with E-state index in [1.165, 1.54) is 11.6 Å². The van der Waals surface area contributed by atoms with Crippen molar-refractivity contribution in [3.8, 4) is 0 Å². The predicted octanol–water partition coefficient (Wildman–Crippen LogP) is 2.36. The van der Waals surface area contributed by atoms with Gasteiger partial charge in [0.05, 0.1) is 0 Å². The monoisotopic (exact) mass is 379 g/mol. The number of nitrogens with one attached hydrogen (secondary N) is 1. The van der Waals surface area contributed by atoms with Crippen molar-refractivity contribution in [2.24, 2.45) is 0 Å². The highest BCUT2D eigenvalue weighted by molar-refractivity contribution is 5.75. The van der Waals surface area contributed by atoms with Crippen LogP contribution in [0.3, 0.4) is 0 Å². The van der Waals surface area contributed by atoms with E-state index < -0.39 is 10.9 Å². The maximum atomic E-state index is 13.8. The summed E-state index contributed by atoms with van der Waals surface area (Å²) in [6.45, 7) is 4.07. The van der Waals surface area contributed by atoms with Crippen molar-refractivity contribution in [1.29, 1.82) is 0 Å². The largest absolute Gasteiger partial charge is 0.376 e. The Labute approximate surface area is 162 Å². The molecule has 4 rings (SSSR count). The molecule has 6 heteroatoms. The Balaban J connectivity index is 1.39. The molecule has 28 heavy (non-hydrogen) atoms. The third-order valence-electron chi connectivity index (χ3n) is 5.24. The van der Waals surface area contributed by atoms with Crippen LogP contribution in [0, 0.1) is 5.82 Å². The van der Waals surface area contributed by atoms with Crippen LogP contribution in [-0.4, -0.2) is 31.1 Å². The quantitative estimate of drug-likeness (QED) is 0.667. The van der Waals surface area contributed by atoms with Gasteiger partial charge in [-0.05, 0) is 11.6 Å². The maximum absolute atomic E-state index is 13.8. The second-order valence-corrected chi connectivity index (χ2v) is 7.08. The van der Waals surface area contributed by atoms with Crippen molar-refractivity contribution in [2.45, 2.75) is 13.1 Å². The van der Waals surface area contributed by atoms with Gasteiger partial charge in [0.15, 0.2) is 0 Å². The predicted molar refractivity (Wildman–Crippen MR) is 109 cm³/mol. The average Bonchev–Trinajstić information content (AvgIpc) is 2.73. The van der Waals surface area contributed by atoms with Crippen molar-refractivity contribution in [3.63, 3.8) is 0 Å². The first-order valence-electron chi connectivity index (χ1n) is 9.45. The zero-order chi connectivity index (χ0) is 19.5. The molecule has 1 aliphatic heterocycles. The van der Waals surface area contributed by atoms with Crippen LogP contribution in [0.2, 0.25) is 0 Å². The highest BCUT2D eigenvalue weighted by Crippen LogP contribution is 2.23. The third-order valence-corrected chi connectivity index (χ3v) is 5.24. The minimum atomic E-state index is -0.516. The van der Waals surface area contributed by atoms with E-state index in [0.29, 0.717) is 30.0 Å². The minimum absolute atomic E-state index is 0.179. The summed E-state index contributed by atoms with van der Waals surface area (Å²) in [7, 11) is 0. The number of piperazine rings is 1. The SMILES string of the molecule is O=c1c(NCc2ccccc2F)c(N2CCN(Cc3ccccc3)CC2)c1=O. The number of rotatable bonds is 6. The lowest BCUT2D eigenvalue weighted by Gasteiger charge is -2.37. The lowest BCUT2D eigenvalue weighted by Crippen LogP contribution is -2.51. The molecule has 1 fully saturated rings. The van der Waals surface area contributed by atoms with Gasteiger partial charge in [-0.3, -0.25) is 14.5 Å². The molecule has 3 aromatic rings. The topological polar surface area (TPSA) is 52.7 Å². The molecule has 0 unspecified atom stereocenters. The summed E-state index contributed by atoms with van der Waals surface area (Å²) in [4.78, 5) is 28.5. The standard InChI is InChI=1S/C22H22FN3O2/c23-18-9-5-4-8-17(18)14-24-19-20(22(28)21(19)27)26-12-10-25(11-13-26)15-16-6-2-1-3-7-16/h1-9,24H,10-15H2. The van der Waals surface area contributed by atoms with Crippen molar-refractivity contribution < 1.29 is 4.39 Å². The fourth-order valence-corrected chi connectivity index (χ4v) is 3.64. The molecule has 0 bridgehead atoms. The van der Waals surface area contributed by atoms with E-state index in [0.717, 1.165) is 19.6 Å². The van der Waals surface area contributed by atoms with E-state index in [4.69, 9.17) is 0 Å². The smallest absolute Gasteiger partial charge is 0.253 e. The van der Waals surface area contributed by atoms with Gasteiger partial charge in [0.25, 0.3) is 10.9 Å². The van der Waals surface area contributed by atoms with E-state index in [1.807, 2.05) is 23.1 Å². The molecule has 0 aliphatic carbocycles. The van der Waals surface area contributed by atoms with Crippen LogP contribution in [0.5, 0.6) is 0 Å². The first-order valence-corrected chi connectivity index (χ1v) is 9.45. The molecule has 1 N–H and O–H groups in total. The van der Waals surface area contributed by atoms with Crippen LogP contribution in [0.15, 0.2) is 64.2 Å². The van der Waals surface area contributed by atoms with E-state index >= 15 is 0 Å². The van der Waals surface area contributed by atoms with Crippen molar-refractivity contribution in [1.82, 2.24) is 4.90 Å². The number of anilines is 2. The molecule has 3 aromatic carbocycles. The normalized spacial score (nSPS) is 15.1. The summed E-state index contributed by atoms with van der Waals surface area (Å²) in [5.74, 6) is -0.329. The zero-order valence-electron chi connectivity index (χ0n) is 15.5. The fourth-order valence-electron chi connectivity index (χ4n) is 3.64. The van der Waals surface area contributed by atoms with Gasteiger partial charge < -0.3 is 10.2 Å². The van der Waals surface area contributed by atoms with E-state index in [1.54, 1.807) is 18.2 Å². The van der Waals surface area contributed by atoms with Crippen molar-refractivity contribution >= 4 is 11.4 Å². The summed E-state index contributed by atoms with van der Waals surface area (Å²) < 4.78 is 13.8. The third kappa shape index (κ3) is 3.68. The lowest BCUT2D eigenvalue weighted by molar-refractivity contribution is 0.249. The lowest BCUT2D eigenvalue weighted by atomic mass is 10.1. The molecule has 1 heterocycles. The molecule has 144 valence electrons. The molecule has 0 atom stereocenters. The number of hydrogen-bond acceptors (Lipinski definition) is 5. The number of nitrogens with zero attached hydrogens (tertiary/aromatic N) is 2. The van der Waals surface area contributed by atoms with Crippen LogP contribution in [0.4, 0.5) is 15.8 Å². The minimum Gasteiger partial charge on any atom is -0.376 e. The van der Waals surface area contributed by atoms with Gasteiger partial charge in [-0.25, -0.2) is 4.39 Å². The summed E-state index contributed by atoms with van der Waals surface area (Å²) >= 11 is 0. The summed E-state index contributed by atoms with van der Waals surface area (Å²) in [5.41, 5.74) is 1.52. The Morgan fingerprint density at radius 3 is 2.25 bits per heavy atom. The summed E-state index contributed by atoms with van der Waals surface area (Å²) in [6, 6.07) is 16.7. The molecule has 0 saturated carbocycles. The Hall–Kier alpha value is -2.99. The second kappa shape index (κ2) is 7.94. The van der Waals surface area contributed by atoms with Crippen LogP contribution in [0.25, 0.3) is 0 Å². The Morgan fingerprint density at radius 2 is 1.54 bits per heavy atom. The molecular formula is C22H22FN3O2. The van der Waals surface area contributed by atoms with Gasteiger partial charge in [-0.15, -0.1) is 0 Å². The van der Waals surface area contributed by atoms with Crippen LogP contribution >= 0.6 is 0 Å². The molecule has 0 radical (unpaired) electrons. The first kappa shape index (κ1) is 18.4. The Bertz CT molecular complexity index is 1020. The van der Waals surface area contributed by atoms with Crippen molar-refractivity contribution in [2.75, 3.05) is 36.4 Å². The molecule has 1 saturated heterocycles. The molecular weight excluding hydrogens is 357 g/mol. The van der Waals surface area contributed by atoms with Crippen LogP contribution in [0.1, 0.15) is 11.1 Å². The van der Waals surface area contributed by atoms with Gasteiger partial charge >= 0.3 is 0 Å². The van der Waals surface area contributed by atoms with E-state index in [2.05, 4.69) is 22.3 Å². The highest BCUT2D eigenvalue weighted by atomic mass is 19.1. The van der Waals surface area contributed by atoms with Crippen LogP contribution in [-0.2, 0) is 13.1 Å². The van der Waals surface area contributed by atoms with E-state index in [-0.39, 0.29) is 12.4 Å². The molecule has 0 aromatic heterocycles. The van der Waals surface area contributed by atoms with Gasteiger partial charge in [-0.2, -0.15) is 0 Å². The number of halogens is 1. The van der Waals surface area contributed by atoms with Crippen LogP contribution < -0.4 is 21.1 Å². The number of hydrogen-bond donors (Lipinski definition) is 1. The Morgan fingerprint density at radius 1 is 0.857 bits per heavy atom. The van der Waals surface area contributed by atoms with Gasteiger partial charge in [-0.1, -0.05) is 48.5 Å². The summed E-state index contributed by atoms with van der Waals surface area (Å²) in [5, 5.41) is 2.97. The average molecular weight is 379 g/mol. The second-order valence-electron chi connectivity index (χ2n) is 7.08. The molecule has 1 aliphatic rings. The first-order chi connectivity index (χ1) is 13.6. The van der Waals surface area contributed by atoms with Crippen molar-refractivity contribution in [3.05, 3.63) is 92.0 Å². The summed E-state index contributed by atoms with van der Waals surface area (Å²) in [6.07, 6.45) is 0. The Kier molecular flexibility index (Phi) is 5.21. The van der Waals surface area contributed by atoms with Gasteiger partial charge in [0, 0.05) is 44.8 Å².